The van der Waals surface area contributed by atoms with Crippen molar-refractivity contribution in [2.75, 3.05) is 12.4 Å². The maximum atomic E-state index is 12.4. The topological polar surface area (TPSA) is 69.0 Å². The van der Waals surface area contributed by atoms with E-state index in [9.17, 15) is 4.79 Å². The fourth-order valence-electron chi connectivity index (χ4n) is 2.44. The predicted molar refractivity (Wildman–Crippen MR) is 88.6 cm³/mol. The molecule has 1 atom stereocenters. The Balaban J connectivity index is 1.81. The highest BCUT2D eigenvalue weighted by atomic mass is 16.5. The van der Waals surface area contributed by atoms with Crippen LogP contribution in [0, 0.1) is 6.92 Å². The normalized spacial score (nSPS) is 12.1. The van der Waals surface area contributed by atoms with E-state index in [-0.39, 0.29) is 5.91 Å². The third-order valence-electron chi connectivity index (χ3n) is 3.77. The molecule has 0 aliphatic heterocycles. The lowest BCUT2D eigenvalue weighted by Crippen LogP contribution is -2.25. The van der Waals surface area contributed by atoms with E-state index in [1.54, 1.807) is 24.2 Å². The van der Waals surface area contributed by atoms with Gasteiger partial charge in [-0.1, -0.05) is 0 Å². The number of carbonyl (C=O) groups is 1. The van der Waals surface area contributed by atoms with Crippen LogP contribution < -0.4 is 10.1 Å². The van der Waals surface area contributed by atoms with Crippen molar-refractivity contribution in [3.8, 4) is 5.75 Å². The smallest absolute Gasteiger partial charge is 0.249 e. The highest BCUT2D eigenvalue weighted by molar-refractivity contribution is 5.95. The zero-order valence-corrected chi connectivity index (χ0v) is 13.3. The largest absolute Gasteiger partial charge is 0.497 e. The third kappa shape index (κ3) is 3.01. The zero-order valence-electron chi connectivity index (χ0n) is 13.3. The molecule has 3 aromatic rings. The first kappa shape index (κ1) is 15.0. The van der Waals surface area contributed by atoms with Crippen LogP contribution in [0.15, 0.2) is 42.7 Å². The second-order valence-corrected chi connectivity index (χ2v) is 5.37. The van der Waals surface area contributed by atoms with Gasteiger partial charge in [0.05, 0.1) is 24.5 Å². The Hall–Kier alpha value is -2.89. The minimum absolute atomic E-state index is 0.133. The Morgan fingerprint density at radius 3 is 2.83 bits per heavy atom. The number of hydrogen-bond donors (Lipinski definition) is 1. The van der Waals surface area contributed by atoms with Crippen LogP contribution >= 0.6 is 0 Å². The molecule has 118 valence electrons. The molecule has 2 aromatic heterocycles. The Kier molecular flexibility index (Phi) is 3.97. The summed E-state index contributed by atoms with van der Waals surface area (Å²) in [5.74, 6) is 0.621. The molecule has 1 N–H and O–H groups in total. The summed E-state index contributed by atoms with van der Waals surface area (Å²) in [7, 11) is 1.62. The molecule has 0 saturated heterocycles. The van der Waals surface area contributed by atoms with Crippen molar-refractivity contribution in [2.24, 2.45) is 0 Å². The lowest BCUT2D eigenvalue weighted by molar-refractivity contribution is -0.119. The molecule has 1 amide bonds. The summed E-state index contributed by atoms with van der Waals surface area (Å²) in [6, 6.07) is 9.01. The van der Waals surface area contributed by atoms with Crippen molar-refractivity contribution in [3.05, 3.63) is 48.4 Å². The summed E-state index contributed by atoms with van der Waals surface area (Å²) in [6.45, 7) is 3.73. The van der Waals surface area contributed by atoms with Gasteiger partial charge in [-0.15, -0.1) is 0 Å². The average Bonchev–Trinajstić information content (AvgIpc) is 2.99. The van der Waals surface area contributed by atoms with Crippen molar-refractivity contribution in [1.82, 2.24) is 14.8 Å². The van der Waals surface area contributed by atoms with Crippen molar-refractivity contribution in [3.63, 3.8) is 0 Å². The number of anilines is 1. The molecule has 0 spiro atoms. The van der Waals surface area contributed by atoms with E-state index < -0.39 is 6.04 Å². The van der Waals surface area contributed by atoms with Gasteiger partial charge in [0.1, 0.15) is 11.8 Å². The summed E-state index contributed by atoms with van der Waals surface area (Å²) in [6.07, 6.45) is 3.33. The number of aromatic nitrogens is 3. The zero-order chi connectivity index (χ0) is 16.4. The van der Waals surface area contributed by atoms with Gasteiger partial charge in [-0.25, -0.2) is 0 Å². The molecule has 6 heteroatoms. The van der Waals surface area contributed by atoms with Gasteiger partial charge < -0.3 is 10.1 Å². The molecule has 6 nitrogen and oxygen atoms in total. The summed E-state index contributed by atoms with van der Waals surface area (Å²) < 4.78 is 6.87. The van der Waals surface area contributed by atoms with E-state index in [1.165, 1.54) is 0 Å². The molecule has 0 radical (unpaired) electrons. The number of hydrogen-bond acceptors (Lipinski definition) is 4. The first-order valence-corrected chi connectivity index (χ1v) is 7.33. The summed E-state index contributed by atoms with van der Waals surface area (Å²) in [4.78, 5) is 16.7. The average molecular weight is 310 g/mol. The van der Waals surface area contributed by atoms with Gasteiger partial charge in [0, 0.05) is 23.3 Å². The highest BCUT2D eigenvalue weighted by Gasteiger charge is 2.17. The number of rotatable bonds is 4. The number of nitrogens with zero attached hydrogens (tertiary/aromatic N) is 3. The molecular weight excluding hydrogens is 292 g/mol. The standard InChI is InChI=1S/C17H18N4O2/c1-11-6-7-19-21(11)12(2)17(22)20-14-8-13-4-5-15(23-3)9-16(13)18-10-14/h4-10,12H,1-3H3,(H,20,22)/t12-/m1/s1. The second-order valence-electron chi connectivity index (χ2n) is 5.37. The summed E-state index contributed by atoms with van der Waals surface area (Å²) in [5.41, 5.74) is 2.42. The molecule has 0 aliphatic rings. The molecule has 0 unspecified atom stereocenters. The number of nitrogens with one attached hydrogen (secondary N) is 1. The van der Waals surface area contributed by atoms with Crippen LogP contribution in [0.1, 0.15) is 18.7 Å². The maximum Gasteiger partial charge on any atom is 0.249 e. The van der Waals surface area contributed by atoms with E-state index in [0.29, 0.717) is 5.69 Å². The highest BCUT2D eigenvalue weighted by Crippen LogP contribution is 2.22. The van der Waals surface area contributed by atoms with Gasteiger partial charge in [-0.05, 0) is 38.1 Å². The number of carbonyl (C=O) groups excluding carboxylic acids is 1. The first-order chi connectivity index (χ1) is 11.1. The van der Waals surface area contributed by atoms with E-state index in [2.05, 4.69) is 15.4 Å². The van der Waals surface area contributed by atoms with Crippen molar-refractivity contribution in [2.45, 2.75) is 19.9 Å². The molecule has 3 rings (SSSR count). The van der Waals surface area contributed by atoms with Crippen molar-refractivity contribution >= 4 is 22.5 Å². The summed E-state index contributed by atoms with van der Waals surface area (Å²) in [5, 5.41) is 7.99. The van der Waals surface area contributed by atoms with Crippen LogP contribution in [0.4, 0.5) is 5.69 Å². The predicted octanol–water partition coefficient (Wildman–Crippen LogP) is 2.95. The molecule has 23 heavy (non-hydrogen) atoms. The minimum Gasteiger partial charge on any atom is -0.497 e. The Labute approximate surface area is 134 Å². The molecule has 2 heterocycles. The molecule has 0 saturated carbocycles. The lowest BCUT2D eigenvalue weighted by atomic mass is 10.2. The van der Waals surface area contributed by atoms with Gasteiger partial charge in [0.15, 0.2) is 0 Å². The van der Waals surface area contributed by atoms with Gasteiger partial charge >= 0.3 is 0 Å². The first-order valence-electron chi connectivity index (χ1n) is 7.33. The van der Waals surface area contributed by atoms with Gasteiger partial charge in [-0.3, -0.25) is 14.5 Å². The fraction of sp³-hybridized carbons (Fsp3) is 0.235. The molecule has 0 bridgehead atoms. The summed E-state index contributed by atoms with van der Waals surface area (Å²) >= 11 is 0. The molecule has 0 aliphatic carbocycles. The number of ether oxygens (including phenoxy) is 1. The van der Waals surface area contributed by atoms with E-state index in [1.807, 2.05) is 44.2 Å². The Morgan fingerprint density at radius 2 is 2.13 bits per heavy atom. The lowest BCUT2D eigenvalue weighted by Gasteiger charge is -2.14. The van der Waals surface area contributed by atoms with Crippen LogP contribution in [0.3, 0.4) is 0 Å². The van der Waals surface area contributed by atoms with Crippen LogP contribution in [-0.2, 0) is 4.79 Å². The van der Waals surface area contributed by atoms with Crippen molar-refractivity contribution in [1.29, 1.82) is 0 Å². The molecule has 0 fully saturated rings. The minimum atomic E-state index is -0.392. The Bertz CT molecular complexity index is 857. The van der Waals surface area contributed by atoms with E-state index >= 15 is 0 Å². The monoisotopic (exact) mass is 310 g/mol. The molecule has 1 aromatic carbocycles. The molecular formula is C17H18N4O2. The second kappa shape index (κ2) is 6.08. The third-order valence-corrected chi connectivity index (χ3v) is 3.77. The maximum absolute atomic E-state index is 12.4. The van der Waals surface area contributed by atoms with Gasteiger partial charge in [0.2, 0.25) is 5.91 Å². The Morgan fingerprint density at radius 1 is 1.30 bits per heavy atom. The number of aryl methyl sites for hydroxylation is 1. The number of benzene rings is 1. The van der Waals surface area contributed by atoms with Crippen LogP contribution in [-0.4, -0.2) is 27.8 Å². The fourth-order valence-corrected chi connectivity index (χ4v) is 2.44. The van der Waals surface area contributed by atoms with E-state index in [4.69, 9.17) is 4.74 Å². The van der Waals surface area contributed by atoms with Crippen LogP contribution in [0.5, 0.6) is 5.75 Å². The van der Waals surface area contributed by atoms with E-state index in [0.717, 1.165) is 22.3 Å². The van der Waals surface area contributed by atoms with Crippen LogP contribution in [0.25, 0.3) is 10.9 Å². The van der Waals surface area contributed by atoms with Gasteiger partial charge in [0.25, 0.3) is 0 Å². The quantitative estimate of drug-likeness (QED) is 0.804. The number of fused-ring (bicyclic) bond motifs is 1. The SMILES string of the molecule is COc1ccc2cc(NC(=O)[C@@H](C)n3nccc3C)cnc2c1. The number of methoxy groups -OCH3 is 1. The van der Waals surface area contributed by atoms with Crippen molar-refractivity contribution < 1.29 is 9.53 Å². The number of pyridine rings is 1. The number of amides is 1. The van der Waals surface area contributed by atoms with Crippen LogP contribution in [0.2, 0.25) is 0 Å². The van der Waals surface area contributed by atoms with Gasteiger partial charge in [-0.2, -0.15) is 5.10 Å².